The minimum atomic E-state index is -1.56. The molecule has 1 N–H and O–H groups in total. The maximum absolute atomic E-state index is 11.9. The van der Waals surface area contributed by atoms with E-state index in [9.17, 15) is 9.00 Å². The normalized spacial score (nSPS) is 16.0. The van der Waals surface area contributed by atoms with Crippen LogP contribution in [0, 0.1) is 0 Å². The number of rotatable bonds is 9. The van der Waals surface area contributed by atoms with Gasteiger partial charge in [0.15, 0.2) is 22.6 Å². The van der Waals surface area contributed by atoms with E-state index in [-0.39, 0.29) is 11.5 Å². The lowest BCUT2D eigenvalue weighted by Gasteiger charge is -2.18. The number of fused-ring (bicyclic) bond motifs is 1. The summed E-state index contributed by atoms with van der Waals surface area (Å²) in [6, 6.07) is 5.46. The van der Waals surface area contributed by atoms with Crippen molar-refractivity contribution in [3.63, 3.8) is 0 Å². The molecule has 0 saturated heterocycles. The van der Waals surface area contributed by atoms with E-state index in [1.807, 2.05) is 26.0 Å². The summed E-state index contributed by atoms with van der Waals surface area (Å²) in [6.45, 7) is 6.52. The monoisotopic (exact) mass is 369 g/mol. The van der Waals surface area contributed by atoms with Gasteiger partial charge in [-0.2, -0.15) is 0 Å². The van der Waals surface area contributed by atoms with Gasteiger partial charge in [-0.05, 0) is 26.3 Å². The Balaban J connectivity index is 1.75. The molecule has 1 aliphatic rings. The van der Waals surface area contributed by atoms with Crippen molar-refractivity contribution in [2.24, 2.45) is 0 Å². The quantitative estimate of drug-likeness (QED) is 0.672. The average Bonchev–Trinajstić information content (AvgIpc) is 2.88. The third-order valence-electron chi connectivity index (χ3n) is 3.80. The summed E-state index contributed by atoms with van der Waals surface area (Å²) in [4.78, 5) is 11.9. The van der Waals surface area contributed by atoms with Crippen LogP contribution in [0.3, 0.4) is 0 Å². The fraction of sp³-hybridized carbons (Fsp3) is 0.611. The lowest BCUT2D eigenvalue weighted by molar-refractivity contribution is 0.133. The van der Waals surface area contributed by atoms with E-state index in [0.717, 1.165) is 37.7 Å². The second-order valence-electron chi connectivity index (χ2n) is 6.68. The number of carbonyl (C=O) groups excluding carboxylic acids is 1. The first-order valence-corrected chi connectivity index (χ1v) is 9.94. The molecule has 0 saturated carbocycles. The van der Waals surface area contributed by atoms with Crippen molar-refractivity contribution < 1.29 is 22.7 Å². The van der Waals surface area contributed by atoms with Crippen LogP contribution in [0.2, 0.25) is 0 Å². The fourth-order valence-corrected chi connectivity index (χ4v) is 3.27. The first-order valence-electron chi connectivity index (χ1n) is 8.69. The minimum Gasteiger partial charge on any atom is -0.483 e. The van der Waals surface area contributed by atoms with Crippen molar-refractivity contribution in [2.75, 3.05) is 12.5 Å². The van der Waals surface area contributed by atoms with Crippen LogP contribution in [0.5, 0.6) is 11.5 Å². The molecule has 1 unspecified atom stereocenters. The van der Waals surface area contributed by atoms with Crippen LogP contribution in [0.1, 0.15) is 52.0 Å². The standard InChI is InChI=1S/C18H27NO5S/c1-4-5-6-7-11-22-25(21)13-19-17(20)23-15-10-8-9-14-12-18(2,3)24-16(14)15/h8-10H,4-7,11-13H2,1-3H3,(H,19,20). The van der Waals surface area contributed by atoms with Gasteiger partial charge in [-0.25, -0.2) is 9.00 Å². The van der Waals surface area contributed by atoms with Crippen molar-refractivity contribution >= 4 is 17.2 Å². The zero-order valence-corrected chi connectivity index (χ0v) is 15.9. The van der Waals surface area contributed by atoms with Crippen molar-refractivity contribution in [2.45, 2.75) is 58.5 Å². The number of para-hydroxylation sites is 1. The molecular formula is C18H27NO5S. The molecule has 1 heterocycles. The highest BCUT2D eigenvalue weighted by Crippen LogP contribution is 2.41. The van der Waals surface area contributed by atoms with Gasteiger partial charge < -0.3 is 14.8 Å². The summed E-state index contributed by atoms with van der Waals surface area (Å²) in [5, 5.41) is 2.45. The molecule has 1 aliphatic heterocycles. The summed E-state index contributed by atoms with van der Waals surface area (Å²) >= 11 is -1.56. The Morgan fingerprint density at radius 2 is 2.12 bits per heavy atom. The van der Waals surface area contributed by atoms with Crippen LogP contribution < -0.4 is 14.8 Å². The first-order chi connectivity index (χ1) is 11.9. The van der Waals surface area contributed by atoms with Crippen LogP contribution in [0.25, 0.3) is 0 Å². The van der Waals surface area contributed by atoms with Gasteiger partial charge in [-0.1, -0.05) is 38.3 Å². The van der Waals surface area contributed by atoms with Gasteiger partial charge in [-0.3, -0.25) is 4.18 Å². The van der Waals surface area contributed by atoms with Crippen molar-refractivity contribution in [1.82, 2.24) is 5.32 Å². The van der Waals surface area contributed by atoms with Crippen LogP contribution >= 0.6 is 0 Å². The summed E-state index contributed by atoms with van der Waals surface area (Å²) in [5.41, 5.74) is 0.694. The van der Waals surface area contributed by atoms with Crippen LogP contribution in [0.4, 0.5) is 4.79 Å². The van der Waals surface area contributed by atoms with E-state index in [4.69, 9.17) is 13.7 Å². The van der Waals surface area contributed by atoms with E-state index in [0.29, 0.717) is 18.1 Å². The molecule has 1 amide bonds. The van der Waals surface area contributed by atoms with Gasteiger partial charge >= 0.3 is 6.09 Å². The maximum atomic E-state index is 11.9. The third kappa shape index (κ3) is 6.32. The van der Waals surface area contributed by atoms with Crippen molar-refractivity contribution in [3.8, 4) is 11.5 Å². The molecular weight excluding hydrogens is 342 g/mol. The summed E-state index contributed by atoms with van der Waals surface area (Å²) < 4.78 is 28.0. The average molecular weight is 369 g/mol. The molecule has 0 radical (unpaired) electrons. The number of unbranched alkanes of at least 4 members (excludes halogenated alkanes) is 3. The van der Waals surface area contributed by atoms with Gasteiger partial charge in [0.1, 0.15) is 11.5 Å². The smallest absolute Gasteiger partial charge is 0.413 e. The Labute approximate surface area is 151 Å². The molecule has 1 atom stereocenters. The molecule has 7 heteroatoms. The minimum absolute atomic E-state index is 0.103. The van der Waals surface area contributed by atoms with E-state index in [2.05, 4.69) is 12.2 Å². The molecule has 0 fully saturated rings. The number of nitrogens with one attached hydrogen (secondary N) is 1. The second-order valence-corrected chi connectivity index (χ2v) is 7.81. The number of benzene rings is 1. The van der Waals surface area contributed by atoms with Crippen molar-refractivity contribution in [1.29, 1.82) is 0 Å². The first kappa shape index (κ1) is 19.7. The molecule has 0 aromatic heterocycles. The fourth-order valence-electron chi connectivity index (χ4n) is 2.64. The Morgan fingerprint density at radius 3 is 2.88 bits per heavy atom. The number of carbonyl (C=O) groups is 1. The summed E-state index contributed by atoms with van der Waals surface area (Å²) in [5.74, 6) is 0.858. The van der Waals surface area contributed by atoms with Gasteiger partial charge in [0, 0.05) is 12.0 Å². The van der Waals surface area contributed by atoms with Crippen LogP contribution in [-0.2, 0) is 21.7 Å². The summed E-state index contributed by atoms with van der Waals surface area (Å²) in [7, 11) is 0. The van der Waals surface area contributed by atoms with Gasteiger partial charge in [0.05, 0.1) is 6.61 Å². The predicted molar refractivity (Wildman–Crippen MR) is 97.1 cm³/mol. The molecule has 25 heavy (non-hydrogen) atoms. The third-order valence-corrected chi connectivity index (χ3v) is 4.61. The second kappa shape index (κ2) is 9.20. The zero-order valence-electron chi connectivity index (χ0n) is 15.1. The van der Waals surface area contributed by atoms with E-state index in [1.54, 1.807) is 6.07 Å². The van der Waals surface area contributed by atoms with Crippen LogP contribution in [0.15, 0.2) is 18.2 Å². The predicted octanol–water partition coefficient (Wildman–Crippen LogP) is 3.71. The lowest BCUT2D eigenvalue weighted by atomic mass is 10.0. The van der Waals surface area contributed by atoms with Gasteiger partial charge in [-0.15, -0.1) is 0 Å². The molecule has 2 rings (SSSR count). The summed E-state index contributed by atoms with van der Waals surface area (Å²) in [6.07, 6.45) is 4.29. The molecule has 140 valence electrons. The number of hydrogen-bond donors (Lipinski definition) is 1. The number of ether oxygens (including phenoxy) is 2. The number of amides is 1. The van der Waals surface area contributed by atoms with E-state index >= 15 is 0 Å². The Bertz CT molecular complexity index is 617. The number of hydrogen-bond acceptors (Lipinski definition) is 5. The molecule has 0 aliphatic carbocycles. The molecule has 0 spiro atoms. The Kier molecular flexibility index (Phi) is 7.25. The maximum Gasteiger partial charge on any atom is 0.413 e. The Morgan fingerprint density at radius 1 is 1.32 bits per heavy atom. The highest BCUT2D eigenvalue weighted by Gasteiger charge is 2.32. The lowest BCUT2D eigenvalue weighted by Crippen LogP contribution is -2.30. The molecule has 0 bridgehead atoms. The van der Waals surface area contributed by atoms with Gasteiger partial charge in [0.25, 0.3) is 0 Å². The molecule has 1 aromatic rings. The van der Waals surface area contributed by atoms with Crippen LogP contribution in [-0.4, -0.2) is 28.4 Å². The zero-order chi connectivity index (χ0) is 18.3. The SMILES string of the molecule is CCCCCCOS(=O)CNC(=O)Oc1cccc2c1OC(C)(C)C2. The van der Waals surface area contributed by atoms with Gasteiger partial charge in [0.2, 0.25) is 0 Å². The topological polar surface area (TPSA) is 73.9 Å². The van der Waals surface area contributed by atoms with E-state index in [1.165, 1.54) is 0 Å². The molecule has 1 aromatic carbocycles. The van der Waals surface area contributed by atoms with E-state index < -0.39 is 17.2 Å². The van der Waals surface area contributed by atoms with Crippen molar-refractivity contribution in [3.05, 3.63) is 23.8 Å². The molecule has 6 nitrogen and oxygen atoms in total. The Hall–Kier alpha value is -1.60. The highest BCUT2D eigenvalue weighted by molar-refractivity contribution is 7.80. The largest absolute Gasteiger partial charge is 0.483 e. The highest BCUT2D eigenvalue weighted by atomic mass is 32.2.